The van der Waals surface area contributed by atoms with Crippen molar-refractivity contribution in [1.82, 2.24) is 0 Å². The number of fused-ring (bicyclic) bond motifs is 1. The first-order valence-corrected chi connectivity index (χ1v) is 10.1. The standard InChI is InChI=1S/C25H20F4O2/c1-2-14-3-5-15(6-4-14)18-12-22(28)24(23(29)13-18)25(30)31-19-8-7-16-10-20(26)21(27)11-17(16)9-19/h2,7-15H,1,3-6H2. The van der Waals surface area contributed by atoms with Crippen LogP contribution in [0.4, 0.5) is 17.6 Å². The summed E-state index contributed by atoms with van der Waals surface area (Å²) in [7, 11) is 0. The van der Waals surface area contributed by atoms with Crippen LogP contribution in [0.25, 0.3) is 10.8 Å². The third kappa shape index (κ3) is 4.33. The summed E-state index contributed by atoms with van der Waals surface area (Å²) in [5, 5.41) is 0.683. The molecule has 0 aromatic heterocycles. The van der Waals surface area contributed by atoms with Crippen LogP contribution in [0.5, 0.6) is 5.75 Å². The fourth-order valence-electron chi connectivity index (χ4n) is 4.15. The molecule has 0 spiro atoms. The smallest absolute Gasteiger partial charge is 0.349 e. The van der Waals surface area contributed by atoms with E-state index in [-0.39, 0.29) is 17.1 Å². The van der Waals surface area contributed by atoms with Gasteiger partial charge in [0.15, 0.2) is 11.6 Å². The SMILES string of the molecule is C=CC1CCC(c2cc(F)c(C(=O)Oc3ccc4cc(F)c(F)cc4c3)c(F)c2)CC1. The van der Waals surface area contributed by atoms with Gasteiger partial charge >= 0.3 is 5.97 Å². The van der Waals surface area contributed by atoms with Crippen LogP contribution in [0, 0.1) is 29.2 Å². The lowest BCUT2D eigenvalue weighted by atomic mass is 9.78. The number of ether oxygens (including phenoxy) is 1. The minimum absolute atomic E-state index is 0.0288. The van der Waals surface area contributed by atoms with Crippen molar-refractivity contribution >= 4 is 16.7 Å². The molecule has 31 heavy (non-hydrogen) atoms. The van der Waals surface area contributed by atoms with E-state index in [0.29, 0.717) is 16.9 Å². The molecule has 1 saturated carbocycles. The average Bonchev–Trinajstić information content (AvgIpc) is 2.74. The molecule has 2 nitrogen and oxygen atoms in total. The quantitative estimate of drug-likeness (QED) is 0.192. The zero-order valence-electron chi connectivity index (χ0n) is 16.6. The van der Waals surface area contributed by atoms with Crippen molar-refractivity contribution < 1.29 is 27.1 Å². The van der Waals surface area contributed by atoms with Crippen LogP contribution >= 0.6 is 0 Å². The van der Waals surface area contributed by atoms with Gasteiger partial charge in [-0.15, -0.1) is 6.58 Å². The fraction of sp³-hybridized carbons (Fsp3) is 0.240. The molecule has 3 aromatic rings. The predicted octanol–water partition coefficient (Wildman–Crippen LogP) is 7.08. The maximum Gasteiger partial charge on any atom is 0.349 e. The van der Waals surface area contributed by atoms with Gasteiger partial charge in [-0.1, -0.05) is 12.1 Å². The third-order valence-corrected chi connectivity index (χ3v) is 5.91. The van der Waals surface area contributed by atoms with Gasteiger partial charge in [0.25, 0.3) is 0 Å². The molecule has 4 rings (SSSR count). The Labute approximate surface area is 177 Å². The molecule has 1 aliphatic carbocycles. The molecule has 6 heteroatoms. The Bertz CT molecular complexity index is 1140. The molecule has 0 aliphatic heterocycles. The van der Waals surface area contributed by atoms with Gasteiger partial charge in [-0.2, -0.15) is 0 Å². The van der Waals surface area contributed by atoms with Gasteiger partial charge in [-0.05, 0) is 90.3 Å². The highest BCUT2D eigenvalue weighted by molar-refractivity contribution is 5.92. The third-order valence-electron chi connectivity index (χ3n) is 5.91. The van der Waals surface area contributed by atoms with Gasteiger partial charge in [0.1, 0.15) is 22.9 Å². The molecule has 160 valence electrons. The van der Waals surface area contributed by atoms with E-state index < -0.39 is 34.8 Å². The summed E-state index contributed by atoms with van der Waals surface area (Å²) < 4.78 is 61.2. The number of esters is 1. The minimum Gasteiger partial charge on any atom is -0.423 e. The Morgan fingerprint density at radius 2 is 1.45 bits per heavy atom. The molecular formula is C25H20F4O2. The van der Waals surface area contributed by atoms with E-state index >= 15 is 0 Å². The van der Waals surface area contributed by atoms with Crippen molar-refractivity contribution in [3.63, 3.8) is 0 Å². The molecule has 0 heterocycles. The van der Waals surface area contributed by atoms with Gasteiger partial charge in [-0.25, -0.2) is 22.4 Å². The Morgan fingerprint density at radius 1 is 0.839 bits per heavy atom. The maximum atomic E-state index is 14.7. The summed E-state index contributed by atoms with van der Waals surface area (Å²) in [6, 6.07) is 8.43. The largest absolute Gasteiger partial charge is 0.423 e. The van der Waals surface area contributed by atoms with Crippen LogP contribution in [-0.4, -0.2) is 5.97 Å². The lowest BCUT2D eigenvalue weighted by molar-refractivity contribution is 0.0724. The Kier molecular flexibility index (Phi) is 5.81. The molecule has 1 aliphatic rings. The molecule has 0 amide bonds. The average molecular weight is 428 g/mol. The van der Waals surface area contributed by atoms with E-state index in [1.165, 1.54) is 30.3 Å². The zero-order chi connectivity index (χ0) is 22.1. The van der Waals surface area contributed by atoms with Gasteiger partial charge in [0, 0.05) is 0 Å². The van der Waals surface area contributed by atoms with Crippen LogP contribution in [0.2, 0.25) is 0 Å². The van der Waals surface area contributed by atoms with Crippen LogP contribution in [0.3, 0.4) is 0 Å². The van der Waals surface area contributed by atoms with Crippen molar-refractivity contribution in [2.24, 2.45) is 5.92 Å². The van der Waals surface area contributed by atoms with E-state index in [2.05, 4.69) is 6.58 Å². The number of rotatable bonds is 4. The summed E-state index contributed by atoms with van der Waals surface area (Å²) in [5.41, 5.74) is -0.258. The normalized spacial score (nSPS) is 18.7. The number of carbonyl (C=O) groups is 1. The fourth-order valence-corrected chi connectivity index (χ4v) is 4.15. The first-order valence-electron chi connectivity index (χ1n) is 10.1. The van der Waals surface area contributed by atoms with Crippen molar-refractivity contribution in [1.29, 1.82) is 0 Å². The molecule has 0 atom stereocenters. The van der Waals surface area contributed by atoms with E-state index in [4.69, 9.17) is 4.74 Å². The van der Waals surface area contributed by atoms with E-state index in [9.17, 15) is 22.4 Å². The number of allylic oxidation sites excluding steroid dienone is 1. The molecule has 0 N–H and O–H groups in total. The second-order valence-electron chi connectivity index (χ2n) is 7.87. The molecular weight excluding hydrogens is 408 g/mol. The van der Waals surface area contributed by atoms with Crippen LogP contribution in [-0.2, 0) is 0 Å². The van der Waals surface area contributed by atoms with Crippen molar-refractivity contribution in [3.8, 4) is 5.75 Å². The Morgan fingerprint density at radius 3 is 2.06 bits per heavy atom. The zero-order valence-corrected chi connectivity index (χ0v) is 16.6. The van der Waals surface area contributed by atoms with Crippen LogP contribution < -0.4 is 4.74 Å². The number of halogens is 4. The van der Waals surface area contributed by atoms with Gasteiger partial charge in [0.05, 0.1) is 0 Å². The van der Waals surface area contributed by atoms with E-state index in [0.717, 1.165) is 37.8 Å². The number of hydrogen-bond acceptors (Lipinski definition) is 2. The number of benzene rings is 3. The van der Waals surface area contributed by atoms with Crippen LogP contribution in [0.1, 0.15) is 47.5 Å². The summed E-state index contributed by atoms with van der Waals surface area (Å²) >= 11 is 0. The van der Waals surface area contributed by atoms with E-state index in [1.807, 2.05) is 6.08 Å². The second-order valence-corrected chi connectivity index (χ2v) is 7.87. The lowest BCUT2D eigenvalue weighted by Gasteiger charge is -2.27. The second kappa shape index (κ2) is 8.53. The molecule has 0 saturated heterocycles. The molecule has 1 fully saturated rings. The first-order chi connectivity index (χ1) is 14.9. The first kappa shape index (κ1) is 21.1. The molecule has 3 aromatic carbocycles. The molecule has 0 radical (unpaired) electrons. The summed E-state index contributed by atoms with van der Waals surface area (Å²) in [6.07, 6.45) is 5.33. The predicted molar refractivity (Wildman–Crippen MR) is 110 cm³/mol. The van der Waals surface area contributed by atoms with Crippen molar-refractivity contribution in [3.05, 3.63) is 89.5 Å². The Balaban J connectivity index is 1.55. The van der Waals surface area contributed by atoms with Gasteiger partial charge < -0.3 is 4.74 Å². The van der Waals surface area contributed by atoms with Crippen molar-refractivity contribution in [2.45, 2.75) is 31.6 Å². The summed E-state index contributed by atoms with van der Waals surface area (Å²) in [5.74, 6) is -4.80. The Hall–Kier alpha value is -3.15. The van der Waals surface area contributed by atoms with Gasteiger partial charge in [-0.3, -0.25) is 0 Å². The number of hydrogen-bond donors (Lipinski definition) is 0. The summed E-state index contributed by atoms with van der Waals surface area (Å²) in [4.78, 5) is 12.4. The highest BCUT2D eigenvalue weighted by atomic mass is 19.2. The van der Waals surface area contributed by atoms with Crippen LogP contribution in [0.15, 0.2) is 55.1 Å². The van der Waals surface area contributed by atoms with Gasteiger partial charge in [0.2, 0.25) is 0 Å². The highest BCUT2D eigenvalue weighted by Crippen LogP contribution is 2.37. The van der Waals surface area contributed by atoms with Crippen molar-refractivity contribution in [2.75, 3.05) is 0 Å². The monoisotopic (exact) mass is 428 g/mol. The molecule has 0 unspecified atom stereocenters. The summed E-state index contributed by atoms with van der Waals surface area (Å²) in [6.45, 7) is 3.79. The number of carbonyl (C=O) groups excluding carboxylic acids is 1. The van der Waals surface area contributed by atoms with E-state index in [1.54, 1.807) is 0 Å². The lowest BCUT2D eigenvalue weighted by Crippen LogP contribution is -2.16. The maximum absolute atomic E-state index is 14.7. The topological polar surface area (TPSA) is 26.3 Å². The molecule has 0 bridgehead atoms. The highest BCUT2D eigenvalue weighted by Gasteiger charge is 2.26. The minimum atomic E-state index is -1.20.